The van der Waals surface area contributed by atoms with Gasteiger partial charge in [0.1, 0.15) is 17.4 Å². The number of Topliss-reactive ketones (excluding diaryl/α,β-unsaturated/α-hetero) is 1. The summed E-state index contributed by atoms with van der Waals surface area (Å²) in [6.07, 6.45) is 2.94. The molecule has 0 amide bonds. The molecule has 0 unspecified atom stereocenters. The summed E-state index contributed by atoms with van der Waals surface area (Å²) in [4.78, 5) is 29.9. The Bertz CT molecular complexity index is 1240. The lowest BCUT2D eigenvalue weighted by Gasteiger charge is -2.01. The van der Waals surface area contributed by atoms with Crippen molar-refractivity contribution < 1.29 is 9.18 Å². The summed E-state index contributed by atoms with van der Waals surface area (Å²) in [7, 11) is 0. The SMILES string of the molecule is O=C(Cn1nc2c(Sc3cccc(F)c3)nccn2c1=O)c1ccc(Cl)cc1. The van der Waals surface area contributed by atoms with E-state index in [2.05, 4.69) is 10.1 Å². The van der Waals surface area contributed by atoms with E-state index >= 15 is 0 Å². The van der Waals surface area contributed by atoms with Gasteiger partial charge in [0.25, 0.3) is 0 Å². The van der Waals surface area contributed by atoms with E-state index < -0.39 is 5.69 Å². The van der Waals surface area contributed by atoms with Gasteiger partial charge < -0.3 is 0 Å². The molecule has 0 spiro atoms. The van der Waals surface area contributed by atoms with Crippen molar-refractivity contribution in [2.75, 3.05) is 0 Å². The second-order valence-corrected chi connectivity index (χ2v) is 7.35. The topological polar surface area (TPSA) is 69.3 Å². The van der Waals surface area contributed by atoms with Crippen LogP contribution in [0, 0.1) is 5.82 Å². The molecule has 0 saturated heterocycles. The van der Waals surface area contributed by atoms with Crippen LogP contribution in [0.3, 0.4) is 0 Å². The van der Waals surface area contributed by atoms with Crippen molar-refractivity contribution in [3.8, 4) is 0 Å². The second-order valence-electron chi connectivity index (χ2n) is 5.86. The zero-order valence-corrected chi connectivity index (χ0v) is 15.8. The van der Waals surface area contributed by atoms with E-state index in [0.29, 0.717) is 26.2 Å². The van der Waals surface area contributed by atoms with Crippen LogP contribution in [0.15, 0.2) is 75.6 Å². The molecule has 4 aromatic rings. The number of nitrogens with zero attached hydrogens (tertiary/aromatic N) is 4. The van der Waals surface area contributed by atoms with E-state index in [0.717, 1.165) is 4.68 Å². The van der Waals surface area contributed by atoms with Gasteiger partial charge >= 0.3 is 5.69 Å². The molecule has 0 aliphatic carbocycles. The number of benzene rings is 2. The molecule has 4 rings (SSSR count). The second kappa shape index (κ2) is 7.57. The normalized spacial score (nSPS) is 11.1. The first kappa shape index (κ1) is 18.4. The lowest BCUT2D eigenvalue weighted by atomic mass is 10.1. The summed E-state index contributed by atoms with van der Waals surface area (Å²) in [6.45, 7) is -0.216. The minimum absolute atomic E-state index is 0.216. The number of hydrogen-bond acceptors (Lipinski definition) is 5. The largest absolute Gasteiger partial charge is 0.350 e. The highest BCUT2D eigenvalue weighted by Gasteiger charge is 2.16. The number of halogens is 2. The quantitative estimate of drug-likeness (QED) is 0.465. The summed E-state index contributed by atoms with van der Waals surface area (Å²) >= 11 is 7.02. The van der Waals surface area contributed by atoms with Gasteiger partial charge in [0.15, 0.2) is 11.4 Å². The van der Waals surface area contributed by atoms with Crippen molar-refractivity contribution in [3.05, 3.63) is 87.8 Å². The van der Waals surface area contributed by atoms with E-state index in [4.69, 9.17) is 11.6 Å². The van der Waals surface area contributed by atoms with Crippen molar-refractivity contribution in [2.45, 2.75) is 16.5 Å². The van der Waals surface area contributed by atoms with Gasteiger partial charge in [0.05, 0.1) is 0 Å². The molecule has 0 radical (unpaired) electrons. The average molecular weight is 415 g/mol. The Morgan fingerprint density at radius 3 is 2.71 bits per heavy atom. The molecule has 0 atom stereocenters. The maximum Gasteiger partial charge on any atom is 0.350 e. The van der Waals surface area contributed by atoms with Crippen LogP contribution in [0.4, 0.5) is 4.39 Å². The fourth-order valence-corrected chi connectivity index (χ4v) is 3.62. The molecule has 2 heterocycles. The standard InChI is InChI=1S/C19H12ClFN4O2S/c20-13-6-4-12(5-7-13)16(26)11-25-19(27)24-9-8-22-18(17(24)23-25)28-15-3-1-2-14(21)10-15/h1-10H,11H2. The zero-order valence-electron chi connectivity index (χ0n) is 14.3. The Hall–Kier alpha value is -2.97. The molecular formula is C19H12ClFN4O2S. The van der Waals surface area contributed by atoms with Gasteiger partial charge in [-0.2, -0.15) is 0 Å². The molecule has 6 nitrogen and oxygen atoms in total. The van der Waals surface area contributed by atoms with Crippen LogP contribution in [0.1, 0.15) is 10.4 Å². The van der Waals surface area contributed by atoms with Gasteiger partial charge in [-0.3, -0.25) is 4.79 Å². The lowest BCUT2D eigenvalue weighted by Crippen LogP contribution is -2.25. The summed E-state index contributed by atoms with van der Waals surface area (Å²) in [5, 5.41) is 5.21. The minimum Gasteiger partial charge on any atom is -0.292 e. The first-order valence-corrected chi connectivity index (χ1v) is 9.37. The van der Waals surface area contributed by atoms with Gasteiger partial charge in [0.2, 0.25) is 0 Å². The maximum absolute atomic E-state index is 13.4. The van der Waals surface area contributed by atoms with Gasteiger partial charge in [0, 0.05) is 27.9 Å². The van der Waals surface area contributed by atoms with E-state index in [1.807, 2.05) is 0 Å². The Labute approximate surface area is 167 Å². The fourth-order valence-electron chi connectivity index (χ4n) is 2.61. The highest BCUT2D eigenvalue weighted by atomic mass is 35.5. The molecule has 0 saturated carbocycles. The molecule has 2 aromatic carbocycles. The zero-order chi connectivity index (χ0) is 19.7. The molecule has 2 aromatic heterocycles. The summed E-state index contributed by atoms with van der Waals surface area (Å²) in [5.41, 5.74) is 0.271. The number of rotatable bonds is 5. The van der Waals surface area contributed by atoms with Crippen LogP contribution in [0.25, 0.3) is 5.65 Å². The van der Waals surface area contributed by atoms with Crippen molar-refractivity contribution in [1.82, 2.24) is 19.2 Å². The highest BCUT2D eigenvalue weighted by molar-refractivity contribution is 7.99. The van der Waals surface area contributed by atoms with Gasteiger partial charge in [-0.15, -0.1) is 5.10 Å². The van der Waals surface area contributed by atoms with Crippen molar-refractivity contribution in [1.29, 1.82) is 0 Å². The first-order valence-electron chi connectivity index (χ1n) is 8.17. The Balaban J connectivity index is 1.67. The Morgan fingerprint density at radius 1 is 1.18 bits per heavy atom. The minimum atomic E-state index is -0.458. The average Bonchev–Trinajstić information content (AvgIpc) is 2.99. The maximum atomic E-state index is 13.4. The Morgan fingerprint density at radius 2 is 1.96 bits per heavy atom. The monoisotopic (exact) mass is 414 g/mol. The van der Waals surface area contributed by atoms with Crippen molar-refractivity contribution in [2.24, 2.45) is 0 Å². The number of ketones is 1. The number of carbonyl (C=O) groups excluding carboxylic acids is 1. The highest BCUT2D eigenvalue weighted by Crippen LogP contribution is 2.28. The molecule has 140 valence electrons. The van der Waals surface area contributed by atoms with Crippen LogP contribution >= 0.6 is 23.4 Å². The van der Waals surface area contributed by atoms with Crippen LogP contribution in [0.5, 0.6) is 0 Å². The molecule has 0 N–H and O–H groups in total. The van der Waals surface area contributed by atoms with Crippen LogP contribution in [0.2, 0.25) is 5.02 Å². The van der Waals surface area contributed by atoms with Crippen LogP contribution in [-0.2, 0) is 6.54 Å². The smallest absolute Gasteiger partial charge is 0.292 e. The predicted octanol–water partition coefficient (Wildman–Crippen LogP) is 3.72. The molecule has 0 bridgehead atoms. The molecule has 0 fully saturated rings. The summed E-state index contributed by atoms with van der Waals surface area (Å²) in [5.74, 6) is -0.636. The fraction of sp³-hybridized carbons (Fsp3) is 0.0526. The third-order valence-corrected chi connectivity index (χ3v) is 5.16. The summed E-state index contributed by atoms with van der Waals surface area (Å²) in [6, 6.07) is 12.5. The molecule has 0 aliphatic heterocycles. The Kier molecular flexibility index (Phi) is 4.97. The lowest BCUT2D eigenvalue weighted by molar-refractivity contribution is 0.0966. The van der Waals surface area contributed by atoms with Crippen molar-refractivity contribution >= 4 is 34.8 Å². The predicted molar refractivity (Wildman–Crippen MR) is 104 cm³/mol. The molecular weight excluding hydrogens is 403 g/mol. The number of carbonyl (C=O) groups is 1. The van der Waals surface area contributed by atoms with Gasteiger partial charge in [-0.05, 0) is 42.5 Å². The third kappa shape index (κ3) is 3.69. The van der Waals surface area contributed by atoms with E-state index in [-0.39, 0.29) is 18.1 Å². The van der Waals surface area contributed by atoms with Crippen LogP contribution < -0.4 is 5.69 Å². The molecule has 0 aliphatic rings. The van der Waals surface area contributed by atoms with E-state index in [9.17, 15) is 14.0 Å². The van der Waals surface area contributed by atoms with Gasteiger partial charge in [-0.1, -0.05) is 29.4 Å². The van der Waals surface area contributed by atoms with E-state index in [1.54, 1.807) is 36.4 Å². The van der Waals surface area contributed by atoms with Gasteiger partial charge in [-0.25, -0.2) is 23.3 Å². The number of hydrogen-bond donors (Lipinski definition) is 0. The van der Waals surface area contributed by atoms with E-state index in [1.165, 1.54) is 40.7 Å². The molecule has 9 heteroatoms. The number of fused-ring (bicyclic) bond motifs is 1. The van der Waals surface area contributed by atoms with Crippen LogP contribution in [-0.4, -0.2) is 24.9 Å². The third-order valence-electron chi connectivity index (χ3n) is 3.94. The van der Waals surface area contributed by atoms with Crippen molar-refractivity contribution in [3.63, 3.8) is 0 Å². The first-order chi connectivity index (χ1) is 13.5. The number of aromatic nitrogens is 4. The summed E-state index contributed by atoms with van der Waals surface area (Å²) < 4.78 is 15.8. The molecule has 28 heavy (non-hydrogen) atoms.